The Morgan fingerprint density at radius 3 is 2.79 bits per heavy atom. The van der Waals surface area contributed by atoms with Crippen LogP contribution in [0.3, 0.4) is 0 Å². The SMILES string of the molecule is COc1ccccc1-c1ccc(N2CCC(Oc3ncccc3C)C2)c(CO)n1. The fraction of sp³-hybridized carbons (Fsp3) is 0.304. The van der Waals surface area contributed by atoms with Crippen molar-refractivity contribution < 1.29 is 14.6 Å². The Bertz CT molecular complexity index is 993. The molecule has 0 bridgehead atoms. The van der Waals surface area contributed by atoms with Crippen molar-refractivity contribution in [2.24, 2.45) is 0 Å². The molecule has 1 aliphatic heterocycles. The van der Waals surface area contributed by atoms with Crippen LogP contribution >= 0.6 is 0 Å². The summed E-state index contributed by atoms with van der Waals surface area (Å²) in [6.45, 7) is 3.46. The Morgan fingerprint density at radius 1 is 1.14 bits per heavy atom. The summed E-state index contributed by atoms with van der Waals surface area (Å²) in [6, 6.07) is 15.7. The van der Waals surface area contributed by atoms with E-state index >= 15 is 0 Å². The second kappa shape index (κ2) is 8.49. The number of hydrogen-bond donors (Lipinski definition) is 1. The van der Waals surface area contributed by atoms with Gasteiger partial charge in [-0.25, -0.2) is 9.97 Å². The van der Waals surface area contributed by atoms with Crippen LogP contribution in [0, 0.1) is 6.92 Å². The van der Waals surface area contributed by atoms with E-state index in [0.717, 1.165) is 47.8 Å². The van der Waals surface area contributed by atoms with Gasteiger partial charge in [0.1, 0.15) is 11.9 Å². The number of anilines is 1. The van der Waals surface area contributed by atoms with Crippen molar-refractivity contribution in [3.63, 3.8) is 0 Å². The van der Waals surface area contributed by atoms with Crippen LogP contribution in [-0.2, 0) is 6.61 Å². The van der Waals surface area contributed by atoms with Gasteiger partial charge >= 0.3 is 0 Å². The highest BCUT2D eigenvalue weighted by molar-refractivity contribution is 5.69. The largest absolute Gasteiger partial charge is 0.496 e. The predicted molar refractivity (Wildman–Crippen MR) is 112 cm³/mol. The van der Waals surface area contributed by atoms with Crippen molar-refractivity contribution in [3.8, 4) is 22.9 Å². The number of hydrogen-bond acceptors (Lipinski definition) is 6. The van der Waals surface area contributed by atoms with Crippen LogP contribution in [-0.4, -0.2) is 41.4 Å². The van der Waals surface area contributed by atoms with Crippen molar-refractivity contribution in [2.75, 3.05) is 25.1 Å². The molecule has 1 N–H and O–H groups in total. The van der Waals surface area contributed by atoms with Gasteiger partial charge in [0.25, 0.3) is 0 Å². The highest BCUT2D eigenvalue weighted by atomic mass is 16.5. The third-order valence-corrected chi connectivity index (χ3v) is 5.21. The van der Waals surface area contributed by atoms with Crippen LogP contribution in [0.25, 0.3) is 11.3 Å². The van der Waals surface area contributed by atoms with E-state index in [4.69, 9.17) is 14.5 Å². The van der Waals surface area contributed by atoms with Crippen LogP contribution in [0.2, 0.25) is 0 Å². The summed E-state index contributed by atoms with van der Waals surface area (Å²) in [5.74, 6) is 1.45. The van der Waals surface area contributed by atoms with E-state index in [1.54, 1.807) is 13.3 Å². The number of aromatic nitrogens is 2. The molecule has 1 aliphatic rings. The van der Waals surface area contributed by atoms with Crippen LogP contribution in [0.4, 0.5) is 5.69 Å². The van der Waals surface area contributed by atoms with Gasteiger partial charge in [-0.05, 0) is 37.3 Å². The molecule has 29 heavy (non-hydrogen) atoms. The molecule has 0 radical (unpaired) electrons. The predicted octanol–water partition coefficient (Wildman–Crippen LogP) is 3.61. The molecule has 6 heteroatoms. The van der Waals surface area contributed by atoms with Crippen LogP contribution in [0.15, 0.2) is 54.7 Å². The summed E-state index contributed by atoms with van der Waals surface area (Å²) in [5.41, 5.74) is 4.32. The number of aliphatic hydroxyl groups excluding tert-OH is 1. The minimum atomic E-state index is -0.125. The van der Waals surface area contributed by atoms with E-state index < -0.39 is 0 Å². The highest BCUT2D eigenvalue weighted by Crippen LogP contribution is 2.32. The Balaban J connectivity index is 1.54. The molecular formula is C23H25N3O3. The van der Waals surface area contributed by atoms with Crippen molar-refractivity contribution in [3.05, 3.63) is 66.0 Å². The van der Waals surface area contributed by atoms with Crippen molar-refractivity contribution in [1.29, 1.82) is 0 Å². The van der Waals surface area contributed by atoms with Gasteiger partial charge in [0.2, 0.25) is 5.88 Å². The molecule has 0 aliphatic carbocycles. The van der Waals surface area contributed by atoms with E-state index in [0.29, 0.717) is 11.6 Å². The lowest BCUT2D eigenvalue weighted by atomic mass is 10.1. The molecule has 4 rings (SSSR count). The highest BCUT2D eigenvalue weighted by Gasteiger charge is 2.27. The van der Waals surface area contributed by atoms with E-state index in [2.05, 4.69) is 9.88 Å². The first-order valence-electron chi connectivity index (χ1n) is 9.77. The molecule has 1 unspecified atom stereocenters. The zero-order valence-corrected chi connectivity index (χ0v) is 16.7. The number of methoxy groups -OCH3 is 1. The van der Waals surface area contributed by atoms with Gasteiger partial charge in [-0.15, -0.1) is 0 Å². The Kier molecular flexibility index (Phi) is 5.62. The maximum absolute atomic E-state index is 9.95. The standard InChI is InChI=1S/C23H25N3O3/c1-16-6-5-12-24-23(16)29-17-11-13-26(14-17)21-10-9-19(25-20(21)15-27)18-7-3-4-8-22(18)28-2/h3-10,12,17,27H,11,13-15H2,1-2H3. The van der Waals surface area contributed by atoms with Gasteiger partial charge in [0.15, 0.2) is 0 Å². The lowest BCUT2D eigenvalue weighted by Crippen LogP contribution is -2.26. The van der Waals surface area contributed by atoms with Gasteiger partial charge in [-0.1, -0.05) is 18.2 Å². The first-order valence-corrected chi connectivity index (χ1v) is 9.77. The molecule has 0 spiro atoms. The Morgan fingerprint density at radius 2 is 2.00 bits per heavy atom. The van der Waals surface area contributed by atoms with Gasteiger partial charge < -0.3 is 19.5 Å². The van der Waals surface area contributed by atoms with Crippen molar-refractivity contribution in [1.82, 2.24) is 9.97 Å². The molecule has 0 amide bonds. The molecule has 6 nitrogen and oxygen atoms in total. The smallest absolute Gasteiger partial charge is 0.216 e. The van der Waals surface area contributed by atoms with E-state index in [1.165, 1.54) is 0 Å². The molecule has 1 atom stereocenters. The second-order valence-corrected chi connectivity index (χ2v) is 7.12. The monoisotopic (exact) mass is 391 g/mol. The third-order valence-electron chi connectivity index (χ3n) is 5.21. The number of pyridine rings is 2. The number of aliphatic hydroxyl groups is 1. The summed E-state index contributed by atoms with van der Waals surface area (Å²) in [5, 5.41) is 9.95. The molecule has 3 heterocycles. The lowest BCUT2D eigenvalue weighted by Gasteiger charge is -2.22. The quantitative estimate of drug-likeness (QED) is 0.692. The van der Waals surface area contributed by atoms with E-state index in [1.807, 2.05) is 55.5 Å². The first kappa shape index (κ1) is 19.2. The molecule has 1 aromatic carbocycles. The van der Waals surface area contributed by atoms with E-state index in [9.17, 15) is 5.11 Å². The average Bonchev–Trinajstić information content (AvgIpc) is 3.23. The minimum Gasteiger partial charge on any atom is -0.496 e. The first-order chi connectivity index (χ1) is 14.2. The molecule has 150 valence electrons. The van der Waals surface area contributed by atoms with Gasteiger partial charge in [-0.2, -0.15) is 0 Å². The minimum absolute atomic E-state index is 0.0593. The van der Waals surface area contributed by atoms with Crippen LogP contribution < -0.4 is 14.4 Å². The average molecular weight is 391 g/mol. The van der Waals surface area contributed by atoms with Gasteiger partial charge in [0, 0.05) is 30.3 Å². The second-order valence-electron chi connectivity index (χ2n) is 7.12. The number of para-hydroxylation sites is 1. The summed E-state index contributed by atoms with van der Waals surface area (Å²) >= 11 is 0. The molecule has 0 saturated carbocycles. The number of ether oxygens (including phenoxy) is 2. The molecular weight excluding hydrogens is 366 g/mol. The van der Waals surface area contributed by atoms with Crippen LogP contribution in [0.5, 0.6) is 11.6 Å². The maximum Gasteiger partial charge on any atom is 0.216 e. The molecule has 1 saturated heterocycles. The van der Waals surface area contributed by atoms with Crippen molar-refractivity contribution in [2.45, 2.75) is 26.1 Å². The zero-order valence-electron chi connectivity index (χ0n) is 16.7. The molecule has 3 aromatic rings. The van der Waals surface area contributed by atoms with Gasteiger partial charge in [-0.3, -0.25) is 0 Å². The summed E-state index contributed by atoms with van der Waals surface area (Å²) in [6.07, 6.45) is 2.71. The van der Waals surface area contributed by atoms with Crippen LogP contribution in [0.1, 0.15) is 17.7 Å². The Hall–Kier alpha value is -3.12. The normalized spacial score (nSPS) is 16.1. The summed E-state index contributed by atoms with van der Waals surface area (Å²) < 4.78 is 11.6. The van der Waals surface area contributed by atoms with E-state index in [-0.39, 0.29) is 12.7 Å². The maximum atomic E-state index is 9.95. The molecule has 1 fully saturated rings. The van der Waals surface area contributed by atoms with Gasteiger partial charge in [0.05, 0.1) is 37.3 Å². The third kappa shape index (κ3) is 4.03. The fourth-order valence-electron chi connectivity index (χ4n) is 3.70. The summed E-state index contributed by atoms with van der Waals surface area (Å²) in [7, 11) is 1.65. The summed E-state index contributed by atoms with van der Waals surface area (Å²) in [4.78, 5) is 11.3. The fourth-order valence-corrected chi connectivity index (χ4v) is 3.70. The number of aryl methyl sites for hydroxylation is 1. The zero-order chi connectivity index (χ0) is 20.2. The molecule has 2 aromatic heterocycles. The topological polar surface area (TPSA) is 67.7 Å². The lowest BCUT2D eigenvalue weighted by molar-refractivity contribution is 0.214. The number of nitrogens with zero attached hydrogens (tertiary/aromatic N) is 3. The number of benzene rings is 1. The number of rotatable bonds is 6. The van der Waals surface area contributed by atoms with Crippen molar-refractivity contribution >= 4 is 5.69 Å². The Labute approximate surface area is 170 Å².